The minimum Gasteiger partial charge on any atom is -0.494 e. The third-order valence-electron chi connectivity index (χ3n) is 4.69. The van der Waals surface area contributed by atoms with Crippen molar-refractivity contribution in [1.29, 1.82) is 0 Å². The van der Waals surface area contributed by atoms with Gasteiger partial charge in [0.05, 0.1) is 22.6 Å². The van der Waals surface area contributed by atoms with Crippen molar-refractivity contribution in [2.75, 3.05) is 28.3 Å². The lowest BCUT2D eigenvalue weighted by atomic mass is 10.2. The Morgan fingerprint density at radius 3 is 2.62 bits per heavy atom. The predicted octanol–water partition coefficient (Wildman–Crippen LogP) is 6.54. The second-order valence-corrected chi connectivity index (χ2v) is 9.88. The molecule has 6 nitrogen and oxygen atoms in total. The van der Waals surface area contributed by atoms with Gasteiger partial charge in [-0.3, -0.25) is 4.79 Å². The average Bonchev–Trinajstić information content (AvgIpc) is 3.21. The Bertz CT molecular complexity index is 1310. The van der Waals surface area contributed by atoms with Crippen LogP contribution in [0.3, 0.4) is 0 Å². The number of carbonyl (C=O) groups excluding carboxylic acids is 1. The molecule has 1 amide bonds. The molecule has 1 aromatic heterocycles. The van der Waals surface area contributed by atoms with Gasteiger partial charge in [-0.05, 0) is 74.6 Å². The molecule has 0 aliphatic rings. The van der Waals surface area contributed by atoms with Crippen molar-refractivity contribution in [3.05, 3.63) is 72.3 Å². The summed E-state index contributed by atoms with van der Waals surface area (Å²) in [5.74, 6) is 0.966. The van der Waals surface area contributed by atoms with E-state index in [1.807, 2.05) is 80.6 Å². The number of aromatic nitrogens is 1. The van der Waals surface area contributed by atoms with E-state index in [9.17, 15) is 4.79 Å². The van der Waals surface area contributed by atoms with Gasteiger partial charge < -0.3 is 20.7 Å². The van der Waals surface area contributed by atoms with Gasteiger partial charge in [-0.15, -0.1) is 11.8 Å². The zero-order chi connectivity index (χ0) is 23.9. The van der Waals surface area contributed by atoms with Gasteiger partial charge >= 0.3 is 0 Å². The van der Waals surface area contributed by atoms with Crippen LogP contribution in [0.4, 0.5) is 16.5 Å². The van der Waals surface area contributed by atoms with Crippen LogP contribution in [0.2, 0.25) is 0 Å². The molecule has 0 fully saturated rings. The highest BCUT2D eigenvalue weighted by molar-refractivity contribution is 8.00. The van der Waals surface area contributed by atoms with Gasteiger partial charge in [-0.2, -0.15) is 0 Å². The number of thiazole rings is 1. The fraction of sp³-hybridized carbons (Fsp3) is 0.160. The van der Waals surface area contributed by atoms with Crippen molar-refractivity contribution < 1.29 is 9.53 Å². The van der Waals surface area contributed by atoms with Crippen LogP contribution in [0.5, 0.6) is 5.75 Å². The first-order valence-electron chi connectivity index (χ1n) is 10.7. The minimum atomic E-state index is -0.107. The lowest BCUT2D eigenvalue weighted by Gasteiger charge is -2.11. The van der Waals surface area contributed by atoms with Crippen molar-refractivity contribution in [3.63, 3.8) is 0 Å². The fourth-order valence-corrected chi connectivity index (χ4v) is 5.01. The van der Waals surface area contributed by atoms with E-state index in [0.717, 1.165) is 32.2 Å². The monoisotopic (exact) mass is 508 g/mol. The summed E-state index contributed by atoms with van der Waals surface area (Å²) in [6, 6.07) is 21.5. The number of aryl methyl sites for hydroxylation is 1. The summed E-state index contributed by atoms with van der Waals surface area (Å²) in [4.78, 5) is 17.9. The molecule has 3 aromatic carbocycles. The van der Waals surface area contributed by atoms with Crippen LogP contribution in [0.25, 0.3) is 10.2 Å². The smallest absolute Gasteiger partial charge is 0.236 e. The van der Waals surface area contributed by atoms with Crippen molar-refractivity contribution in [2.24, 2.45) is 0 Å². The number of thiocarbonyl (C=S) groups is 1. The third-order valence-corrected chi connectivity index (χ3v) is 6.82. The van der Waals surface area contributed by atoms with Crippen LogP contribution in [0, 0.1) is 6.92 Å². The molecule has 0 spiro atoms. The number of amides is 1. The van der Waals surface area contributed by atoms with Crippen molar-refractivity contribution in [2.45, 2.75) is 18.7 Å². The number of benzene rings is 3. The second-order valence-electron chi connectivity index (χ2n) is 7.39. The van der Waals surface area contributed by atoms with E-state index in [4.69, 9.17) is 17.0 Å². The van der Waals surface area contributed by atoms with Crippen LogP contribution in [0.15, 0.2) is 71.6 Å². The van der Waals surface area contributed by atoms with Crippen LogP contribution < -0.4 is 20.7 Å². The highest BCUT2D eigenvalue weighted by atomic mass is 32.2. The molecule has 4 rings (SSSR count). The zero-order valence-corrected chi connectivity index (χ0v) is 21.2. The quantitative estimate of drug-likeness (QED) is 0.184. The molecule has 0 aliphatic carbocycles. The molecular formula is C25H24N4O2S3. The highest BCUT2D eigenvalue weighted by Gasteiger charge is 2.10. The Hall–Kier alpha value is -3.14. The molecule has 9 heteroatoms. The summed E-state index contributed by atoms with van der Waals surface area (Å²) in [5, 5.41) is 10.3. The van der Waals surface area contributed by atoms with Gasteiger partial charge in [0.1, 0.15) is 5.75 Å². The Morgan fingerprint density at radius 1 is 1.03 bits per heavy atom. The largest absolute Gasteiger partial charge is 0.494 e. The third kappa shape index (κ3) is 6.69. The van der Waals surface area contributed by atoms with Crippen LogP contribution in [-0.4, -0.2) is 28.4 Å². The van der Waals surface area contributed by atoms with Crippen molar-refractivity contribution in [1.82, 2.24) is 4.98 Å². The topological polar surface area (TPSA) is 75.3 Å². The number of nitrogens with zero attached hydrogens (tertiary/aromatic N) is 1. The molecule has 0 atom stereocenters. The maximum absolute atomic E-state index is 12.5. The Kier molecular flexibility index (Phi) is 7.99. The summed E-state index contributed by atoms with van der Waals surface area (Å²) in [6.07, 6.45) is 0. The SMILES string of the molecule is CCOc1ccc2nc(NC(=O)CSc3cccc(NC(=S)Nc4ccc(C)cc4)c3)sc2c1. The Morgan fingerprint density at radius 2 is 1.82 bits per heavy atom. The molecule has 0 bridgehead atoms. The van der Waals surface area contributed by atoms with E-state index >= 15 is 0 Å². The molecule has 3 N–H and O–H groups in total. The summed E-state index contributed by atoms with van der Waals surface area (Å²) >= 11 is 8.30. The van der Waals surface area contributed by atoms with Gasteiger partial charge in [-0.1, -0.05) is 35.1 Å². The molecule has 0 saturated carbocycles. The number of carbonyl (C=O) groups is 1. The van der Waals surface area contributed by atoms with E-state index in [-0.39, 0.29) is 11.7 Å². The molecule has 0 unspecified atom stereocenters. The number of anilines is 3. The summed E-state index contributed by atoms with van der Waals surface area (Å²) in [7, 11) is 0. The first-order chi connectivity index (χ1) is 16.5. The van der Waals surface area contributed by atoms with Crippen molar-refractivity contribution in [3.8, 4) is 5.75 Å². The molecule has 4 aromatic rings. The van der Waals surface area contributed by atoms with E-state index in [0.29, 0.717) is 16.9 Å². The predicted molar refractivity (Wildman–Crippen MR) is 148 cm³/mol. The average molecular weight is 509 g/mol. The number of nitrogens with one attached hydrogen (secondary N) is 3. The number of hydrogen-bond donors (Lipinski definition) is 3. The lowest BCUT2D eigenvalue weighted by Crippen LogP contribution is -2.19. The number of rotatable bonds is 8. The molecule has 174 valence electrons. The normalized spacial score (nSPS) is 10.6. The summed E-state index contributed by atoms with van der Waals surface area (Å²) < 4.78 is 6.51. The van der Waals surface area contributed by atoms with Crippen molar-refractivity contribution >= 4 is 73.1 Å². The number of thioether (sulfide) groups is 1. The van der Waals surface area contributed by atoms with Gasteiger partial charge in [-0.25, -0.2) is 4.98 Å². The molecule has 0 radical (unpaired) electrons. The lowest BCUT2D eigenvalue weighted by molar-refractivity contribution is -0.113. The zero-order valence-electron chi connectivity index (χ0n) is 18.8. The Balaban J connectivity index is 1.30. The van der Waals surface area contributed by atoms with E-state index in [1.165, 1.54) is 28.7 Å². The number of fused-ring (bicyclic) bond motifs is 1. The summed E-state index contributed by atoms with van der Waals surface area (Å²) in [5.41, 5.74) is 3.81. The number of ether oxygens (including phenoxy) is 1. The molecular weight excluding hydrogens is 485 g/mol. The summed E-state index contributed by atoms with van der Waals surface area (Å²) in [6.45, 7) is 4.60. The molecule has 34 heavy (non-hydrogen) atoms. The van der Waals surface area contributed by atoms with E-state index < -0.39 is 0 Å². The standard InChI is InChI=1S/C25H24N4O2S3/c1-3-31-19-11-12-21-22(14-19)34-25(28-21)29-23(30)15-33-20-6-4-5-18(13-20)27-24(32)26-17-9-7-16(2)8-10-17/h4-14H,3,15H2,1-2H3,(H2,26,27,32)(H,28,29,30). The highest BCUT2D eigenvalue weighted by Crippen LogP contribution is 2.30. The number of hydrogen-bond acceptors (Lipinski definition) is 6. The van der Waals surface area contributed by atoms with Gasteiger partial charge in [0.25, 0.3) is 0 Å². The van der Waals surface area contributed by atoms with Gasteiger partial charge in [0.15, 0.2) is 10.2 Å². The van der Waals surface area contributed by atoms with Crippen LogP contribution >= 0.6 is 35.3 Å². The fourth-order valence-electron chi connectivity index (χ4n) is 3.11. The minimum absolute atomic E-state index is 0.107. The maximum atomic E-state index is 12.5. The Labute approximate surface area is 212 Å². The van der Waals surface area contributed by atoms with Crippen LogP contribution in [-0.2, 0) is 4.79 Å². The van der Waals surface area contributed by atoms with E-state index in [2.05, 4.69) is 20.9 Å². The van der Waals surface area contributed by atoms with Crippen LogP contribution in [0.1, 0.15) is 12.5 Å². The first kappa shape index (κ1) is 24.0. The molecule has 0 saturated heterocycles. The molecule has 0 aliphatic heterocycles. The molecule has 1 heterocycles. The second kappa shape index (κ2) is 11.3. The van der Waals surface area contributed by atoms with E-state index in [1.54, 1.807) is 0 Å². The van der Waals surface area contributed by atoms with Gasteiger partial charge in [0, 0.05) is 16.3 Å². The first-order valence-corrected chi connectivity index (χ1v) is 12.9. The maximum Gasteiger partial charge on any atom is 0.236 e. The van der Waals surface area contributed by atoms with Gasteiger partial charge in [0.2, 0.25) is 5.91 Å².